The van der Waals surface area contributed by atoms with Gasteiger partial charge in [0.2, 0.25) is 5.91 Å². The van der Waals surface area contributed by atoms with Crippen molar-refractivity contribution in [3.05, 3.63) is 57.3 Å². The largest absolute Gasteiger partial charge is 0.338 e. The lowest BCUT2D eigenvalue weighted by Crippen LogP contribution is -2.44. The van der Waals surface area contributed by atoms with Crippen molar-refractivity contribution >= 4 is 40.2 Å². The lowest BCUT2D eigenvalue weighted by molar-refractivity contribution is -0.121. The average molecular weight is 449 g/mol. The molecule has 2 aromatic rings. The molecule has 1 aromatic carbocycles. The topological polar surface area (TPSA) is 62.3 Å². The van der Waals surface area contributed by atoms with E-state index >= 15 is 0 Å². The van der Waals surface area contributed by atoms with Crippen molar-refractivity contribution < 1.29 is 9.59 Å². The summed E-state index contributed by atoms with van der Waals surface area (Å²) < 4.78 is 0.931. The molecule has 1 aliphatic heterocycles. The van der Waals surface area contributed by atoms with Crippen LogP contribution in [-0.2, 0) is 4.79 Å². The van der Waals surface area contributed by atoms with Gasteiger partial charge in [-0.1, -0.05) is 18.2 Å². The number of hydrogen-bond acceptors (Lipinski definition) is 3. The van der Waals surface area contributed by atoms with Crippen molar-refractivity contribution in [1.82, 2.24) is 9.88 Å². The maximum Gasteiger partial charge on any atom is 0.254 e. The van der Waals surface area contributed by atoms with Crippen molar-refractivity contribution in [3.63, 3.8) is 0 Å². The predicted molar refractivity (Wildman–Crippen MR) is 105 cm³/mol. The number of pyridine rings is 1. The van der Waals surface area contributed by atoms with Crippen LogP contribution in [0.3, 0.4) is 0 Å². The summed E-state index contributed by atoms with van der Waals surface area (Å²) in [5, 5.41) is 2.86. The van der Waals surface area contributed by atoms with Crippen LogP contribution in [0.2, 0.25) is 0 Å². The van der Waals surface area contributed by atoms with Crippen LogP contribution < -0.4 is 5.32 Å². The van der Waals surface area contributed by atoms with Crippen LogP contribution in [0.5, 0.6) is 0 Å². The van der Waals surface area contributed by atoms with E-state index in [1.165, 1.54) is 0 Å². The van der Waals surface area contributed by atoms with Gasteiger partial charge in [-0.05, 0) is 66.1 Å². The second-order valence-corrected chi connectivity index (χ2v) is 7.44. The van der Waals surface area contributed by atoms with Crippen LogP contribution in [-0.4, -0.2) is 34.8 Å². The molecule has 0 radical (unpaired) electrons. The molecule has 1 saturated heterocycles. The van der Waals surface area contributed by atoms with Crippen LogP contribution in [0.15, 0.2) is 42.6 Å². The third kappa shape index (κ3) is 4.36. The molecule has 1 fully saturated rings. The number of likely N-dealkylation sites (tertiary alicyclic amines) is 1. The number of anilines is 1. The Morgan fingerprint density at radius 2 is 2.04 bits per heavy atom. The number of amides is 2. The number of benzene rings is 1. The van der Waals surface area contributed by atoms with Gasteiger partial charge in [-0.15, -0.1) is 0 Å². The maximum absolute atomic E-state index is 12.8. The second-order valence-electron chi connectivity index (χ2n) is 6.28. The van der Waals surface area contributed by atoms with Crippen molar-refractivity contribution in [2.24, 2.45) is 5.92 Å². The molecule has 0 spiro atoms. The summed E-state index contributed by atoms with van der Waals surface area (Å²) in [5.74, 6) is 0.270. The number of carbonyl (C=O) groups is 2. The van der Waals surface area contributed by atoms with Crippen LogP contribution in [0.4, 0.5) is 5.82 Å². The number of nitrogens with zero attached hydrogens (tertiary/aromatic N) is 2. The Labute approximate surface area is 161 Å². The van der Waals surface area contributed by atoms with Crippen LogP contribution in [0, 0.1) is 16.4 Å². The fraction of sp³-hybridized carbons (Fsp3) is 0.316. The zero-order valence-corrected chi connectivity index (χ0v) is 16.2. The Morgan fingerprint density at radius 1 is 1.24 bits per heavy atom. The fourth-order valence-electron chi connectivity index (χ4n) is 2.95. The smallest absolute Gasteiger partial charge is 0.254 e. The van der Waals surface area contributed by atoms with Crippen molar-refractivity contribution in [3.8, 4) is 0 Å². The van der Waals surface area contributed by atoms with Crippen molar-refractivity contribution in [2.45, 2.75) is 19.8 Å². The first-order valence-corrected chi connectivity index (χ1v) is 9.40. The van der Waals surface area contributed by atoms with Gasteiger partial charge >= 0.3 is 0 Å². The first-order chi connectivity index (χ1) is 12.0. The van der Waals surface area contributed by atoms with Gasteiger partial charge in [0.1, 0.15) is 5.82 Å². The third-order valence-electron chi connectivity index (χ3n) is 4.35. The summed E-state index contributed by atoms with van der Waals surface area (Å²) >= 11 is 2.17. The minimum absolute atomic E-state index is 0.00374. The number of nitrogens with one attached hydrogen (secondary N) is 1. The van der Waals surface area contributed by atoms with E-state index in [4.69, 9.17) is 0 Å². The van der Waals surface area contributed by atoms with E-state index in [-0.39, 0.29) is 17.7 Å². The van der Waals surface area contributed by atoms with Gasteiger partial charge in [0, 0.05) is 22.9 Å². The van der Waals surface area contributed by atoms with Gasteiger partial charge in [-0.25, -0.2) is 4.98 Å². The maximum atomic E-state index is 12.8. The Balaban J connectivity index is 1.66. The van der Waals surface area contributed by atoms with E-state index in [0.717, 1.165) is 22.0 Å². The molecule has 3 rings (SSSR count). The molecule has 0 saturated carbocycles. The summed E-state index contributed by atoms with van der Waals surface area (Å²) in [7, 11) is 0. The van der Waals surface area contributed by atoms with Gasteiger partial charge in [0.05, 0.1) is 11.5 Å². The Bertz CT molecular complexity index is 776. The van der Waals surface area contributed by atoms with E-state index < -0.39 is 0 Å². The molecule has 25 heavy (non-hydrogen) atoms. The molecule has 1 N–H and O–H groups in total. The van der Waals surface area contributed by atoms with Gasteiger partial charge in [-0.2, -0.15) is 0 Å². The van der Waals surface area contributed by atoms with Crippen LogP contribution in [0.25, 0.3) is 0 Å². The highest BCUT2D eigenvalue weighted by Crippen LogP contribution is 2.22. The zero-order chi connectivity index (χ0) is 17.8. The first kappa shape index (κ1) is 17.8. The number of rotatable bonds is 3. The molecule has 0 bridgehead atoms. The molecule has 2 amide bonds. The highest BCUT2D eigenvalue weighted by atomic mass is 127. The number of hydrogen-bond donors (Lipinski definition) is 1. The standard InChI is InChI=1S/C19H20IN3O2/c1-13-8-9-17(21-11-13)22-18(24)14-5-4-10-23(12-14)19(25)15-6-2-3-7-16(15)20/h2-3,6-9,11,14H,4-5,10,12H2,1H3,(H,21,22,24). The van der Waals surface area contributed by atoms with E-state index in [9.17, 15) is 9.59 Å². The monoisotopic (exact) mass is 449 g/mol. The highest BCUT2D eigenvalue weighted by molar-refractivity contribution is 14.1. The Hall–Kier alpha value is -1.96. The first-order valence-electron chi connectivity index (χ1n) is 8.32. The van der Waals surface area contributed by atoms with Gasteiger partial charge in [0.25, 0.3) is 5.91 Å². The lowest BCUT2D eigenvalue weighted by Gasteiger charge is -2.32. The minimum atomic E-state index is -0.206. The van der Waals surface area contributed by atoms with Crippen LogP contribution >= 0.6 is 22.6 Å². The molecule has 1 unspecified atom stereocenters. The molecular weight excluding hydrogens is 429 g/mol. The molecule has 1 aliphatic rings. The summed E-state index contributed by atoms with van der Waals surface area (Å²) in [6, 6.07) is 11.3. The second kappa shape index (κ2) is 7.95. The Kier molecular flexibility index (Phi) is 5.67. The summed E-state index contributed by atoms with van der Waals surface area (Å²) in [5.41, 5.74) is 1.74. The molecule has 130 valence electrons. The predicted octanol–water partition coefficient (Wildman–Crippen LogP) is 3.49. The molecule has 2 heterocycles. The van der Waals surface area contributed by atoms with E-state index in [2.05, 4.69) is 32.9 Å². The normalized spacial score (nSPS) is 17.2. The number of aromatic nitrogens is 1. The molecule has 6 heteroatoms. The zero-order valence-electron chi connectivity index (χ0n) is 14.0. The van der Waals surface area contributed by atoms with Crippen molar-refractivity contribution in [1.29, 1.82) is 0 Å². The van der Waals surface area contributed by atoms with Crippen molar-refractivity contribution in [2.75, 3.05) is 18.4 Å². The summed E-state index contributed by atoms with van der Waals surface area (Å²) in [6.45, 7) is 3.09. The molecule has 1 atom stereocenters. The minimum Gasteiger partial charge on any atom is -0.338 e. The van der Waals surface area contributed by atoms with Gasteiger partial charge in [-0.3, -0.25) is 9.59 Å². The van der Waals surface area contributed by atoms with Gasteiger partial charge in [0.15, 0.2) is 0 Å². The third-order valence-corrected chi connectivity index (χ3v) is 5.29. The average Bonchev–Trinajstić information content (AvgIpc) is 2.63. The van der Waals surface area contributed by atoms with Gasteiger partial charge < -0.3 is 10.2 Å². The highest BCUT2D eigenvalue weighted by Gasteiger charge is 2.29. The van der Waals surface area contributed by atoms with E-state index in [1.54, 1.807) is 17.2 Å². The van der Waals surface area contributed by atoms with Crippen LogP contribution in [0.1, 0.15) is 28.8 Å². The summed E-state index contributed by atoms with van der Waals surface area (Å²) in [4.78, 5) is 31.3. The molecule has 0 aliphatic carbocycles. The number of halogens is 1. The number of piperidine rings is 1. The number of aryl methyl sites for hydroxylation is 1. The molecular formula is C19H20IN3O2. The summed E-state index contributed by atoms with van der Waals surface area (Å²) in [6.07, 6.45) is 3.34. The SMILES string of the molecule is Cc1ccc(NC(=O)C2CCCN(C(=O)c3ccccc3I)C2)nc1. The number of carbonyl (C=O) groups excluding carboxylic acids is 2. The molecule has 1 aromatic heterocycles. The fourth-order valence-corrected chi connectivity index (χ4v) is 3.57. The Morgan fingerprint density at radius 3 is 2.76 bits per heavy atom. The van der Waals surface area contributed by atoms with E-state index in [0.29, 0.717) is 24.5 Å². The quantitative estimate of drug-likeness (QED) is 0.731. The molecule has 5 nitrogen and oxygen atoms in total. The van der Waals surface area contributed by atoms with E-state index in [1.807, 2.05) is 37.3 Å². The lowest BCUT2D eigenvalue weighted by atomic mass is 9.96.